The summed E-state index contributed by atoms with van der Waals surface area (Å²) in [5.74, 6) is 0. The summed E-state index contributed by atoms with van der Waals surface area (Å²) in [5, 5.41) is 0. The molecule has 0 aliphatic carbocycles. The Morgan fingerprint density at radius 2 is 2.55 bits per heavy atom. The van der Waals surface area contributed by atoms with Crippen molar-refractivity contribution in [1.29, 1.82) is 0 Å². The number of hydrogen-bond acceptors (Lipinski definition) is 2. The molecule has 0 radical (unpaired) electrons. The zero-order valence-electron chi connectivity index (χ0n) is 6.17. The minimum atomic E-state index is 0.204. The molecule has 1 aliphatic rings. The van der Waals surface area contributed by atoms with Crippen LogP contribution in [0.4, 0.5) is 0 Å². The molecule has 0 spiro atoms. The highest BCUT2D eigenvalue weighted by Crippen LogP contribution is 2.30. The van der Waals surface area contributed by atoms with E-state index in [1.807, 2.05) is 6.92 Å². The maximum absolute atomic E-state index is 5.39. The van der Waals surface area contributed by atoms with Crippen molar-refractivity contribution in [1.82, 2.24) is 4.98 Å². The van der Waals surface area contributed by atoms with E-state index in [1.165, 1.54) is 5.56 Å². The molecule has 1 aliphatic heterocycles. The van der Waals surface area contributed by atoms with E-state index >= 15 is 0 Å². The van der Waals surface area contributed by atoms with Gasteiger partial charge in [-0.3, -0.25) is 4.98 Å². The van der Waals surface area contributed by atoms with Gasteiger partial charge in [-0.2, -0.15) is 0 Å². The van der Waals surface area contributed by atoms with Crippen LogP contribution in [-0.4, -0.2) is 4.98 Å². The molecule has 1 aromatic heterocycles. The first-order chi connectivity index (χ1) is 5.27. The van der Waals surface area contributed by atoms with Gasteiger partial charge in [0.15, 0.2) is 0 Å². The number of nitrogens with zero attached hydrogens (tertiary/aromatic N) is 1. The zero-order chi connectivity index (χ0) is 7.84. The monoisotopic (exact) mass is 213 g/mol. The van der Waals surface area contributed by atoms with E-state index in [2.05, 4.69) is 27.0 Å². The summed E-state index contributed by atoms with van der Waals surface area (Å²) in [4.78, 5) is 4.24. The van der Waals surface area contributed by atoms with Gasteiger partial charge < -0.3 is 4.74 Å². The Balaban J connectivity index is 2.52. The van der Waals surface area contributed by atoms with Crippen LogP contribution in [0.15, 0.2) is 16.7 Å². The Hall–Kier alpha value is -0.410. The lowest BCUT2D eigenvalue weighted by Crippen LogP contribution is -1.89. The third-order valence-corrected chi connectivity index (χ3v) is 2.31. The van der Waals surface area contributed by atoms with Gasteiger partial charge in [0.1, 0.15) is 0 Å². The Morgan fingerprint density at radius 3 is 3.36 bits per heavy atom. The SMILES string of the molecule is CC1OCc2ncc(Br)cc21. The van der Waals surface area contributed by atoms with Crippen LogP contribution in [0.25, 0.3) is 0 Å². The third kappa shape index (κ3) is 1.19. The molecule has 2 nitrogen and oxygen atoms in total. The van der Waals surface area contributed by atoms with E-state index in [0.29, 0.717) is 6.61 Å². The standard InChI is InChI=1S/C8H8BrNO/c1-5-7-2-6(9)3-10-8(7)4-11-5/h2-3,5H,4H2,1H3. The number of pyridine rings is 1. The van der Waals surface area contributed by atoms with Crippen molar-refractivity contribution in [3.63, 3.8) is 0 Å². The van der Waals surface area contributed by atoms with Crippen molar-refractivity contribution in [3.05, 3.63) is 28.0 Å². The molecule has 0 amide bonds. The van der Waals surface area contributed by atoms with E-state index in [-0.39, 0.29) is 6.10 Å². The summed E-state index contributed by atoms with van der Waals surface area (Å²) >= 11 is 3.37. The van der Waals surface area contributed by atoms with E-state index in [4.69, 9.17) is 4.74 Å². The van der Waals surface area contributed by atoms with E-state index in [0.717, 1.165) is 10.2 Å². The average Bonchev–Trinajstić information content (AvgIpc) is 2.33. The highest BCUT2D eigenvalue weighted by molar-refractivity contribution is 9.10. The number of hydrogen-bond donors (Lipinski definition) is 0. The van der Waals surface area contributed by atoms with Crippen molar-refractivity contribution < 1.29 is 4.74 Å². The number of halogens is 1. The molecule has 0 bridgehead atoms. The lowest BCUT2D eigenvalue weighted by molar-refractivity contribution is 0.0787. The number of rotatable bonds is 0. The van der Waals surface area contributed by atoms with Crippen LogP contribution in [0.3, 0.4) is 0 Å². The molecule has 3 heteroatoms. The maximum atomic E-state index is 5.39. The molecule has 0 fully saturated rings. The van der Waals surface area contributed by atoms with Gasteiger partial charge in [-0.1, -0.05) is 0 Å². The number of ether oxygens (including phenoxy) is 1. The molecule has 1 aromatic rings. The highest BCUT2D eigenvalue weighted by Gasteiger charge is 2.19. The van der Waals surface area contributed by atoms with Crippen LogP contribution in [0.1, 0.15) is 24.3 Å². The molecular weight excluding hydrogens is 206 g/mol. The largest absolute Gasteiger partial charge is 0.367 e. The van der Waals surface area contributed by atoms with Crippen LogP contribution in [-0.2, 0) is 11.3 Å². The minimum Gasteiger partial charge on any atom is -0.367 e. The van der Waals surface area contributed by atoms with Crippen LogP contribution < -0.4 is 0 Å². The summed E-state index contributed by atoms with van der Waals surface area (Å²) in [7, 11) is 0. The second-order valence-electron chi connectivity index (χ2n) is 2.64. The van der Waals surface area contributed by atoms with E-state index in [1.54, 1.807) is 6.20 Å². The molecule has 0 saturated carbocycles. The fraction of sp³-hybridized carbons (Fsp3) is 0.375. The van der Waals surface area contributed by atoms with Crippen molar-refractivity contribution in [2.45, 2.75) is 19.6 Å². The normalized spacial score (nSPS) is 21.8. The van der Waals surface area contributed by atoms with E-state index in [9.17, 15) is 0 Å². The molecule has 11 heavy (non-hydrogen) atoms. The van der Waals surface area contributed by atoms with Gasteiger partial charge in [0.05, 0.1) is 18.4 Å². The molecule has 0 N–H and O–H groups in total. The minimum absolute atomic E-state index is 0.204. The zero-order valence-corrected chi connectivity index (χ0v) is 7.76. The van der Waals surface area contributed by atoms with Crippen LogP contribution in [0.5, 0.6) is 0 Å². The molecule has 2 heterocycles. The first-order valence-corrected chi connectivity index (χ1v) is 4.32. The highest BCUT2D eigenvalue weighted by atomic mass is 79.9. The van der Waals surface area contributed by atoms with Crippen molar-refractivity contribution in [3.8, 4) is 0 Å². The number of fused-ring (bicyclic) bond motifs is 1. The lowest BCUT2D eigenvalue weighted by Gasteiger charge is -2.01. The molecule has 1 unspecified atom stereocenters. The smallest absolute Gasteiger partial charge is 0.0899 e. The first-order valence-electron chi connectivity index (χ1n) is 3.53. The predicted molar refractivity (Wildman–Crippen MR) is 45.1 cm³/mol. The van der Waals surface area contributed by atoms with Gasteiger partial charge in [0, 0.05) is 16.2 Å². The van der Waals surface area contributed by atoms with Crippen LogP contribution in [0.2, 0.25) is 0 Å². The second-order valence-corrected chi connectivity index (χ2v) is 3.56. The van der Waals surface area contributed by atoms with Gasteiger partial charge in [-0.15, -0.1) is 0 Å². The summed E-state index contributed by atoms with van der Waals surface area (Å²) in [5.41, 5.74) is 2.28. The van der Waals surface area contributed by atoms with Crippen molar-refractivity contribution >= 4 is 15.9 Å². The quantitative estimate of drug-likeness (QED) is 0.661. The molecule has 1 atom stereocenters. The molecular formula is C8H8BrNO. The summed E-state index contributed by atoms with van der Waals surface area (Å²) in [6.45, 7) is 2.70. The topological polar surface area (TPSA) is 22.1 Å². The Kier molecular flexibility index (Phi) is 1.69. The van der Waals surface area contributed by atoms with Gasteiger partial charge in [-0.25, -0.2) is 0 Å². The Bertz CT molecular complexity index is 287. The second kappa shape index (κ2) is 2.57. The first kappa shape index (κ1) is 7.25. The lowest BCUT2D eigenvalue weighted by atomic mass is 10.1. The van der Waals surface area contributed by atoms with Crippen molar-refractivity contribution in [2.75, 3.05) is 0 Å². The number of aromatic nitrogens is 1. The Morgan fingerprint density at radius 1 is 1.73 bits per heavy atom. The Labute approximate surface area is 73.7 Å². The fourth-order valence-electron chi connectivity index (χ4n) is 1.25. The van der Waals surface area contributed by atoms with E-state index < -0.39 is 0 Å². The van der Waals surface area contributed by atoms with Gasteiger partial charge >= 0.3 is 0 Å². The third-order valence-electron chi connectivity index (χ3n) is 1.88. The average molecular weight is 214 g/mol. The summed E-state index contributed by atoms with van der Waals surface area (Å²) in [6.07, 6.45) is 2.01. The summed E-state index contributed by atoms with van der Waals surface area (Å²) in [6, 6.07) is 2.07. The van der Waals surface area contributed by atoms with Crippen molar-refractivity contribution in [2.24, 2.45) is 0 Å². The molecule has 0 aromatic carbocycles. The fourth-order valence-corrected chi connectivity index (χ4v) is 1.60. The molecule has 2 rings (SSSR count). The summed E-state index contributed by atoms with van der Waals surface area (Å²) < 4.78 is 6.42. The van der Waals surface area contributed by atoms with Gasteiger partial charge in [-0.05, 0) is 28.9 Å². The molecule has 0 saturated heterocycles. The molecule has 58 valence electrons. The van der Waals surface area contributed by atoms with Gasteiger partial charge in [0.25, 0.3) is 0 Å². The van der Waals surface area contributed by atoms with Crippen LogP contribution in [0, 0.1) is 0 Å². The van der Waals surface area contributed by atoms with Gasteiger partial charge in [0.2, 0.25) is 0 Å². The maximum Gasteiger partial charge on any atom is 0.0899 e. The van der Waals surface area contributed by atoms with Crippen LogP contribution >= 0.6 is 15.9 Å². The predicted octanol–water partition coefficient (Wildman–Crippen LogP) is 2.44.